The van der Waals surface area contributed by atoms with Crippen LogP contribution in [0.4, 0.5) is 13.6 Å². The minimum absolute atomic E-state index is 0.0294. The first-order chi connectivity index (χ1) is 33.3. The Labute approximate surface area is 402 Å². The van der Waals surface area contributed by atoms with Crippen LogP contribution in [0.5, 0.6) is 11.5 Å². The van der Waals surface area contributed by atoms with Crippen molar-refractivity contribution in [3.8, 4) is 11.5 Å². The predicted octanol–water partition coefficient (Wildman–Crippen LogP) is 3.32. The number of piperidine rings is 1. The summed E-state index contributed by atoms with van der Waals surface area (Å²) in [6, 6.07) is 14.3. The van der Waals surface area contributed by atoms with Gasteiger partial charge >= 0.3 is 6.03 Å². The summed E-state index contributed by atoms with van der Waals surface area (Å²) in [5, 5.41) is 26.2. The number of hydrogen-bond donors (Lipinski definition) is 9. The highest BCUT2D eigenvalue weighted by Gasteiger charge is 2.34. The number of ether oxygens (including phenoxy) is 1. The van der Waals surface area contributed by atoms with Gasteiger partial charge in [-0.2, -0.15) is 0 Å². The summed E-state index contributed by atoms with van der Waals surface area (Å²) in [7, 11) is 0. The molecule has 0 saturated carbocycles. The molecule has 0 unspecified atom stereocenters. The van der Waals surface area contributed by atoms with Gasteiger partial charge in [0, 0.05) is 88.9 Å². The SMILES string of the molecule is CCC(=O)NCCNC(=O)NC(N)=NCCC[C@@H](NC(=O)[C@H](c1ccc(OCCCNC2CCN(C(=O)CCCCCN)CC2)cc1)N1Cc2ccccc2C1)C(=O)NCc1c(F)cc(O)cc1F. The average Bonchev–Trinajstić information content (AvgIpc) is 3.76. The molecule has 69 heavy (non-hydrogen) atoms. The molecular formula is C49H69F2N11O7. The molecule has 20 heteroatoms. The van der Waals surface area contributed by atoms with Crippen molar-refractivity contribution in [1.82, 2.24) is 41.7 Å². The maximum Gasteiger partial charge on any atom is 0.321 e. The number of phenolic OH excluding ortho intramolecular Hbond substituents is 1. The summed E-state index contributed by atoms with van der Waals surface area (Å²) in [5.41, 5.74) is 13.8. The number of hydrogen-bond acceptors (Lipinski definition) is 11. The summed E-state index contributed by atoms with van der Waals surface area (Å²) in [4.78, 5) is 72.7. The third-order valence-corrected chi connectivity index (χ3v) is 12.1. The second-order valence-corrected chi connectivity index (χ2v) is 17.2. The molecule has 376 valence electrons. The zero-order valence-corrected chi connectivity index (χ0v) is 39.5. The number of amides is 6. The van der Waals surface area contributed by atoms with Gasteiger partial charge < -0.3 is 52.8 Å². The smallest absolute Gasteiger partial charge is 0.321 e. The van der Waals surface area contributed by atoms with Gasteiger partial charge in [-0.15, -0.1) is 0 Å². The molecule has 2 aliphatic heterocycles. The normalized spacial score (nSPS) is 14.9. The van der Waals surface area contributed by atoms with E-state index in [1.807, 2.05) is 46.2 Å². The number of benzene rings is 3. The van der Waals surface area contributed by atoms with Gasteiger partial charge in [-0.05, 0) is 86.9 Å². The Morgan fingerprint density at radius 3 is 2.20 bits per heavy atom. The fourth-order valence-corrected chi connectivity index (χ4v) is 8.25. The van der Waals surface area contributed by atoms with E-state index in [1.54, 1.807) is 19.1 Å². The number of halogens is 2. The molecule has 0 bridgehead atoms. The number of guanidine groups is 1. The standard InChI is InChI=1S/C49H69F2N11O7/c1-2-43(64)55-23-24-57-49(68)60-48(53)56-21-8-12-42(46(66)58-30-39-40(50)28-37(63)29-41(39)51)59-47(67)45(62-31-34-10-5-6-11-35(34)32-62)33-14-16-38(17-15-33)69-27-9-22-54-36-18-25-61(26-19-36)44(65)13-4-3-7-20-52/h5-6,10-11,14-17,28-29,36,42,45,54,63H,2-4,7-9,12-13,18-27,30-32,52H2,1H3,(H,55,64)(H,58,66)(H,59,67)(H4,53,56,57,60,68)/t42-,45+/m1/s1. The topological polar surface area (TPSA) is 258 Å². The first-order valence-electron chi connectivity index (χ1n) is 24.0. The van der Waals surface area contributed by atoms with Crippen molar-refractivity contribution in [2.45, 2.75) is 109 Å². The maximum absolute atomic E-state index is 14.6. The predicted molar refractivity (Wildman–Crippen MR) is 257 cm³/mol. The van der Waals surface area contributed by atoms with E-state index in [9.17, 15) is 37.9 Å². The van der Waals surface area contributed by atoms with Gasteiger partial charge in [0.25, 0.3) is 0 Å². The van der Waals surface area contributed by atoms with Crippen LogP contribution in [0.25, 0.3) is 0 Å². The first kappa shape index (κ1) is 53.6. The summed E-state index contributed by atoms with van der Waals surface area (Å²) in [6.45, 7) is 5.89. The van der Waals surface area contributed by atoms with Crippen molar-refractivity contribution in [2.75, 3.05) is 52.4 Å². The monoisotopic (exact) mass is 962 g/mol. The first-order valence-corrected chi connectivity index (χ1v) is 24.0. The number of carbonyl (C=O) groups excluding carboxylic acids is 5. The number of aliphatic imine (C=N–C) groups is 1. The second kappa shape index (κ2) is 28.2. The van der Waals surface area contributed by atoms with Gasteiger partial charge in [0.15, 0.2) is 5.96 Å². The van der Waals surface area contributed by atoms with Gasteiger partial charge in [0.2, 0.25) is 23.6 Å². The van der Waals surface area contributed by atoms with Crippen molar-refractivity contribution >= 4 is 35.6 Å². The number of aromatic hydroxyl groups is 1. The number of rotatable bonds is 26. The number of nitrogens with zero attached hydrogens (tertiary/aromatic N) is 3. The fraction of sp³-hybridized carbons (Fsp3) is 0.510. The van der Waals surface area contributed by atoms with E-state index >= 15 is 0 Å². The van der Waals surface area contributed by atoms with E-state index in [4.69, 9.17) is 16.2 Å². The largest absolute Gasteiger partial charge is 0.508 e. The number of unbranched alkanes of at least 4 members (excludes halogenated alkanes) is 2. The molecule has 3 aromatic carbocycles. The minimum atomic E-state index is -1.19. The number of fused-ring (bicyclic) bond motifs is 1. The molecule has 1 fully saturated rings. The molecule has 1 saturated heterocycles. The summed E-state index contributed by atoms with van der Waals surface area (Å²) in [6.07, 6.45) is 6.51. The van der Waals surface area contributed by atoms with E-state index in [2.05, 4.69) is 36.9 Å². The maximum atomic E-state index is 14.6. The number of phenols is 1. The molecule has 0 aliphatic carbocycles. The molecule has 2 heterocycles. The van der Waals surface area contributed by atoms with Crippen LogP contribution < -0.4 is 48.1 Å². The van der Waals surface area contributed by atoms with Crippen LogP contribution in [0, 0.1) is 11.6 Å². The molecule has 6 amide bonds. The van der Waals surface area contributed by atoms with Gasteiger partial charge in [-0.3, -0.25) is 34.4 Å². The Kier molecular flexibility index (Phi) is 21.9. The van der Waals surface area contributed by atoms with Gasteiger partial charge in [-0.25, -0.2) is 13.6 Å². The third kappa shape index (κ3) is 17.6. The lowest BCUT2D eigenvalue weighted by Crippen LogP contribution is -2.50. The Balaban J connectivity index is 1.19. The van der Waals surface area contributed by atoms with Crippen LogP contribution in [0.2, 0.25) is 0 Å². The highest BCUT2D eigenvalue weighted by atomic mass is 19.1. The minimum Gasteiger partial charge on any atom is -0.508 e. The number of urea groups is 1. The van der Waals surface area contributed by atoms with Crippen LogP contribution in [-0.2, 0) is 38.8 Å². The van der Waals surface area contributed by atoms with Gasteiger partial charge in [0.1, 0.15) is 35.2 Å². The van der Waals surface area contributed by atoms with E-state index < -0.39 is 59.4 Å². The molecule has 0 radical (unpaired) electrons. The zero-order chi connectivity index (χ0) is 49.5. The quantitative estimate of drug-likeness (QED) is 0.0321. The van der Waals surface area contributed by atoms with Crippen molar-refractivity contribution in [1.29, 1.82) is 0 Å². The molecule has 3 aromatic rings. The van der Waals surface area contributed by atoms with Gasteiger partial charge in [-0.1, -0.05) is 49.7 Å². The lowest BCUT2D eigenvalue weighted by atomic mass is 10.0. The third-order valence-electron chi connectivity index (χ3n) is 12.1. The summed E-state index contributed by atoms with van der Waals surface area (Å²) < 4.78 is 35.4. The number of carbonyl (C=O) groups is 5. The number of likely N-dealkylation sites (tertiary alicyclic amines) is 1. The molecule has 0 aromatic heterocycles. The van der Waals surface area contributed by atoms with E-state index in [1.165, 1.54) is 0 Å². The fourth-order valence-electron chi connectivity index (χ4n) is 8.25. The van der Waals surface area contributed by atoms with E-state index in [-0.39, 0.29) is 50.2 Å². The van der Waals surface area contributed by atoms with Gasteiger partial charge in [0.05, 0.1) is 6.61 Å². The van der Waals surface area contributed by atoms with Crippen molar-refractivity contribution < 1.29 is 42.6 Å². The van der Waals surface area contributed by atoms with Crippen molar-refractivity contribution in [3.05, 3.63) is 94.6 Å². The van der Waals surface area contributed by atoms with E-state index in [0.29, 0.717) is 56.4 Å². The Morgan fingerprint density at radius 1 is 0.855 bits per heavy atom. The van der Waals surface area contributed by atoms with Crippen LogP contribution in [0.15, 0.2) is 65.7 Å². The van der Waals surface area contributed by atoms with E-state index in [0.717, 1.165) is 81.4 Å². The summed E-state index contributed by atoms with van der Waals surface area (Å²) in [5.74, 6) is -3.42. The number of nitrogens with one attached hydrogen (secondary N) is 6. The number of nitrogens with two attached hydrogens (primary N) is 2. The van der Waals surface area contributed by atoms with Crippen LogP contribution in [0.3, 0.4) is 0 Å². The molecule has 11 N–H and O–H groups in total. The van der Waals surface area contributed by atoms with Crippen LogP contribution in [0.1, 0.15) is 99.4 Å². The average molecular weight is 962 g/mol. The molecular weight excluding hydrogens is 893 g/mol. The molecule has 2 aliphatic rings. The zero-order valence-electron chi connectivity index (χ0n) is 39.5. The highest BCUT2D eigenvalue weighted by molar-refractivity contribution is 5.95. The Hall–Kier alpha value is -6.38. The lowest BCUT2D eigenvalue weighted by Gasteiger charge is -2.32. The Bertz CT molecular complexity index is 2140. The lowest BCUT2D eigenvalue weighted by molar-refractivity contribution is -0.132. The van der Waals surface area contributed by atoms with Crippen LogP contribution in [-0.4, -0.2) is 115 Å². The molecule has 18 nitrogen and oxygen atoms in total. The van der Waals surface area contributed by atoms with Crippen LogP contribution >= 0.6 is 0 Å². The van der Waals surface area contributed by atoms with Crippen molar-refractivity contribution in [3.63, 3.8) is 0 Å². The Morgan fingerprint density at radius 2 is 1.54 bits per heavy atom. The molecule has 5 rings (SSSR count). The molecule has 0 spiro atoms. The summed E-state index contributed by atoms with van der Waals surface area (Å²) >= 11 is 0. The highest BCUT2D eigenvalue weighted by Crippen LogP contribution is 2.33. The molecule has 2 atom stereocenters. The second-order valence-electron chi connectivity index (χ2n) is 17.2. The van der Waals surface area contributed by atoms with Crippen molar-refractivity contribution in [2.24, 2.45) is 16.5 Å².